The SMILES string of the molecule is CN(c1cccc(N)c1)S(=O)(=O)CC1CCCO1. The molecule has 1 aromatic carbocycles. The highest BCUT2D eigenvalue weighted by atomic mass is 32.2. The van der Waals surface area contributed by atoms with E-state index in [9.17, 15) is 8.42 Å². The highest BCUT2D eigenvalue weighted by Gasteiger charge is 2.26. The Morgan fingerprint density at radius 3 is 2.89 bits per heavy atom. The van der Waals surface area contributed by atoms with Crippen LogP contribution < -0.4 is 10.0 Å². The van der Waals surface area contributed by atoms with Crippen molar-refractivity contribution < 1.29 is 13.2 Å². The molecular formula is C12H18N2O3S. The van der Waals surface area contributed by atoms with Gasteiger partial charge in [0.15, 0.2) is 0 Å². The second kappa shape index (κ2) is 5.16. The molecule has 6 heteroatoms. The number of sulfonamides is 1. The summed E-state index contributed by atoms with van der Waals surface area (Å²) in [6, 6.07) is 6.84. The van der Waals surface area contributed by atoms with Gasteiger partial charge in [-0.1, -0.05) is 6.07 Å². The van der Waals surface area contributed by atoms with E-state index in [2.05, 4.69) is 0 Å². The Bertz CT molecular complexity index is 510. The molecule has 1 aliphatic rings. The second-order valence-corrected chi connectivity index (χ2v) is 6.52. The molecule has 18 heavy (non-hydrogen) atoms. The van der Waals surface area contributed by atoms with Crippen molar-refractivity contribution in [1.29, 1.82) is 0 Å². The van der Waals surface area contributed by atoms with Crippen LogP contribution in [0.25, 0.3) is 0 Å². The minimum Gasteiger partial charge on any atom is -0.399 e. The molecule has 2 rings (SSSR count). The van der Waals surface area contributed by atoms with Crippen molar-refractivity contribution in [3.63, 3.8) is 0 Å². The van der Waals surface area contributed by atoms with E-state index in [0.29, 0.717) is 18.0 Å². The zero-order chi connectivity index (χ0) is 13.2. The quantitative estimate of drug-likeness (QED) is 0.835. The third kappa shape index (κ3) is 2.94. The molecule has 1 heterocycles. The minimum atomic E-state index is -3.36. The molecular weight excluding hydrogens is 252 g/mol. The van der Waals surface area contributed by atoms with Crippen LogP contribution in [0.5, 0.6) is 0 Å². The van der Waals surface area contributed by atoms with Gasteiger partial charge in [-0.25, -0.2) is 8.42 Å². The fraction of sp³-hybridized carbons (Fsp3) is 0.500. The number of hydrogen-bond acceptors (Lipinski definition) is 4. The average molecular weight is 270 g/mol. The summed E-state index contributed by atoms with van der Waals surface area (Å²) < 4.78 is 31.0. The molecule has 1 aromatic rings. The molecule has 1 aliphatic heterocycles. The zero-order valence-corrected chi connectivity index (χ0v) is 11.2. The monoisotopic (exact) mass is 270 g/mol. The first-order chi connectivity index (χ1) is 8.49. The van der Waals surface area contributed by atoms with Crippen LogP contribution in [0.3, 0.4) is 0 Å². The molecule has 0 spiro atoms. The van der Waals surface area contributed by atoms with Crippen LogP contribution in [-0.2, 0) is 14.8 Å². The fourth-order valence-electron chi connectivity index (χ4n) is 2.00. The van der Waals surface area contributed by atoms with Gasteiger partial charge in [-0.15, -0.1) is 0 Å². The van der Waals surface area contributed by atoms with Gasteiger partial charge in [0.25, 0.3) is 0 Å². The Labute approximate surface area is 108 Å². The first kappa shape index (κ1) is 13.2. The lowest BCUT2D eigenvalue weighted by Gasteiger charge is -2.21. The molecule has 0 amide bonds. The standard InChI is InChI=1S/C12H18N2O3S/c1-14(11-5-2-4-10(13)8-11)18(15,16)9-12-6-3-7-17-12/h2,4-5,8,12H,3,6-7,9,13H2,1H3. The molecule has 0 aliphatic carbocycles. The van der Waals surface area contributed by atoms with E-state index in [1.807, 2.05) is 0 Å². The van der Waals surface area contributed by atoms with Crippen LogP contribution in [-0.4, -0.2) is 33.9 Å². The van der Waals surface area contributed by atoms with Crippen LogP contribution in [0.2, 0.25) is 0 Å². The van der Waals surface area contributed by atoms with E-state index in [-0.39, 0.29) is 11.9 Å². The normalized spacial score (nSPS) is 19.9. The highest BCUT2D eigenvalue weighted by molar-refractivity contribution is 7.92. The smallest absolute Gasteiger partial charge is 0.237 e. The third-order valence-corrected chi connectivity index (χ3v) is 4.91. The van der Waals surface area contributed by atoms with Crippen molar-refractivity contribution in [1.82, 2.24) is 0 Å². The van der Waals surface area contributed by atoms with Gasteiger partial charge < -0.3 is 10.5 Å². The molecule has 0 radical (unpaired) electrons. The number of anilines is 2. The number of nitrogens with two attached hydrogens (primary N) is 1. The Kier molecular flexibility index (Phi) is 3.77. The van der Waals surface area contributed by atoms with Crippen LogP contribution in [0, 0.1) is 0 Å². The van der Waals surface area contributed by atoms with Crippen LogP contribution in [0.4, 0.5) is 11.4 Å². The summed E-state index contributed by atoms with van der Waals surface area (Å²) in [6.45, 7) is 0.655. The van der Waals surface area contributed by atoms with E-state index in [1.165, 1.54) is 4.31 Å². The van der Waals surface area contributed by atoms with Gasteiger partial charge in [-0.05, 0) is 31.0 Å². The molecule has 1 atom stereocenters. The molecule has 2 N–H and O–H groups in total. The van der Waals surface area contributed by atoms with Crippen molar-refractivity contribution >= 4 is 21.4 Å². The van der Waals surface area contributed by atoms with Crippen LogP contribution in [0.1, 0.15) is 12.8 Å². The van der Waals surface area contributed by atoms with Crippen molar-refractivity contribution in [3.8, 4) is 0 Å². The van der Waals surface area contributed by atoms with Gasteiger partial charge in [-0.2, -0.15) is 0 Å². The Balaban J connectivity index is 2.13. The maximum absolute atomic E-state index is 12.2. The molecule has 100 valence electrons. The number of benzene rings is 1. The van der Waals surface area contributed by atoms with Gasteiger partial charge in [-0.3, -0.25) is 4.31 Å². The molecule has 0 bridgehead atoms. The summed E-state index contributed by atoms with van der Waals surface area (Å²) in [7, 11) is -1.82. The molecule has 0 aromatic heterocycles. The van der Waals surface area contributed by atoms with Crippen molar-refractivity contribution in [2.24, 2.45) is 0 Å². The summed E-state index contributed by atoms with van der Waals surface area (Å²) in [5, 5.41) is 0. The van der Waals surface area contributed by atoms with Gasteiger partial charge in [0, 0.05) is 19.3 Å². The zero-order valence-electron chi connectivity index (χ0n) is 10.4. The molecule has 0 saturated carbocycles. The highest BCUT2D eigenvalue weighted by Crippen LogP contribution is 2.21. The summed E-state index contributed by atoms with van der Waals surface area (Å²) in [5.74, 6) is 0.0261. The van der Waals surface area contributed by atoms with Crippen molar-refractivity contribution in [2.45, 2.75) is 18.9 Å². The minimum absolute atomic E-state index is 0.0261. The lowest BCUT2D eigenvalue weighted by molar-refractivity contribution is 0.127. The Morgan fingerprint density at radius 1 is 1.50 bits per heavy atom. The summed E-state index contributed by atoms with van der Waals surface area (Å²) in [6.07, 6.45) is 1.56. The Morgan fingerprint density at radius 2 is 2.28 bits per heavy atom. The first-order valence-electron chi connectivity index (χ1n) is 5.93. The van der Waals surface area contributed by atoms with E-state index >= 15 is 0 Å². The predicted molar refractivity (Wildman–Crippen MR) is 72.0 cm³/mol. The average Bonchev–Trinajstić information content (AvgIpc) is 2.80. The van der Waals surface area contributed by atoms with Crippen molar-refractivity contribution in [2.75, 3.05) is 29.4 Å². The number of ether oxygens (including phenoxy) is 1. The Hall–Kier alpha value is -1.27. The number of nitrogen functional groups attached to an aromatic ring is 1. The molecule has 1 saturated heterocycles. The van der Waals surface area contributed by atoms with Gasteiger partial charge in [0.05, 0.1) is 17.5 Å². The fourth-order valence-corrected chi connectivity index (χ4v) is 3.39. The predicted octanol–water partition coefficient (Wildman–Crippen LogP) is 1.21. The molecule has 1 unspecified atom stereocenters. The number of hydrogen-bond donors (Lipinski definition) is 1. The second-order valence-electron chi connectivity index (χ2n) is 4.48. The summed E-state index contributed by atoms with van der Waals surface area (Å²) in [4.78, 5) is 0. The number of rotatable bonds is 4. The van der Waals surface area contributed by atoms with E-state index in [0.717, 1.165) is 12.8 Å². The maximum atomic E-state index is 12.2. The van der Waals surface area contributed by atoms with Gasteiger partial charge in [0.1, 0.15) is 0 Å². The van der Waals surface area contributed by atoms with Crippen molar-refractivity contribution in [3.05, 3.63) is 24.3 Å². The van der Waals surface area contributed by atoms with Gasteiger partial charge in [0.2, 0.25) is 10.0 Å². The third-order valence-electron chi connectivity index (χ3n) is 3.07. The molecule has 1 fully saturated rings. The van der Waals surface area contributed by atoms with E-state index in [1.54, 1.807) is 31.3 Å². The van der Waals surface area contributed by atoms with Crippen LogP contribution in [0.15, 0.2) is 24.3 Å². The van der Waals surface area contributed by atoms with Crippen LogP contribution >= 0.6 is 0 Å². The first-order valence-corrected chi connectivity index (χ1v) is 7.54. The maximum Gasteiger partial charge on any atom is 0.237 e. The van der Waals surface area contributed by atoms with E-state index < -0.39 is 10.0 Å². The number of nitrogens with zero attached hydrogens (tertiary/aromatic N) is 1. The summed E-state index contributed by atoms with van der Waals surface area (Å²) >= 11 is 0. The lowest BCUT2D eigenvalue weighted by Crippen LogP contribution is -2.33. The molecule has 5 nitrogen and oxygen atoms in total. The largest absolute Gasteiger partial charge is 0.399 e. The van der Waals surface area contributed by atoms with Gasteiger partial charge >= 0.3 is 0 Å². The summed E-state index contributed by atoms with van der Waals surface area (Å²) in [5.41, 5.74) is 6.78. The topological polar surface area (TPSA) is 72.6 Å². The lowest BCUT2D eigenvalue weighted by atomic mass is 10.3. The van der Waals surface area contributed by atoms with E-state index in [4.69, 9.17) is 10.5 Å².